The Hall–Kier alpha value is -3.43. The fourth-order valence-corrected chi connectivity index (χ4v) is 4.80. The van der Waals surface area contributed by atoms with Crippen molar-refractivity contribution in [3.63, 3.8) is 0 Å². The Labute approximate surface area is 203 Å². The number of fused-ring (bicyclic) bond motifs is 3. The maximum Gasteiger partial charge on any atom is 0.407 e. The molecular formula is C26H30N2O7. The molecule has 1 aliphatic carbocycles. The summed E-state index contributed by atoms with van der Waals surface area (Å²) < 4.78 is 11.1. The molecule has 0 bridgehead atoms. The van der Waals surface area contributed by atoms with Crippen molar-refractivity contribution in [2.75, 3.05) is 26.4 Å². The Morgan fingerprint density at radius 2 is 1.63 bits per heavy atom. The number of aliphatic hydroxyl groups is 1. The molecule has 2 aromatic rings. The van der Waals surface area contributed by atoms with Gasteiger partial charge in [0.05, 0.1) is 5.54 Å². The van der Waals surface area contributed by atoms with Gasteiger partial charge in [-0.1, -0.05) is 48.5 Å². The van der Waals surface area contributed by atoms with E-state index in [1.807, 2.05) is 36.4 Å². The molecule has 9 heteroatoms. The topological polar surface area (TPSA) is 134 Å². The standard InChI is InChI=1S/C26H30N2O7/c29-22(24(31)32)9-12-27-23(30)15-26(10-13-34-14-11-26)28-25(33)35-16-21-19-7-3-1-5-17(19)18-6-2-4-8-20(18)21/h1-8,21-22,29H,9-16H2,(H,27,30)(H,28,33)(H,31,32). The molecule has 0 spiro atoms. The molecule has 186 valence electrons. The van der Waals surface area contributed by atoms with E-state index in [-0.39, 0.29) is 37.8 Å². The van der Waals surface area contributed by atoms with Crippen LogP contribution in [0.1, 0.15) is 42.7 Å². The molecule has 1 fully saturated rings. The molecule has 2 aromatic carbocycles. The molecule has 2 aliphatic rings. The number of rotatable bonds is 9. The molecule has 1 aliphatic heterocycles. The molecule has 1 heterocycles. The molecular weight excluding hydrogens is 452 g/mol. The number of carbonyl (C=O) groups is 3. The fraction of sp³-hybridized carbons (Fsp3) is 0.423. The van der Waals surface area contributed by atoms with Crippen molar-refractivity contribution in [2.24, 2.45) is 0 Å². The Bertz CT molecular complexity index is 1040. The number of carbonyl (C=O) groups excluding carboxylic acids is 2. The van der Waals surface area contributed by atoms with Crippen LogP contribution >= 0.6 is 0 Å². The number of aliphatic hydroxyl groups excluding tert-OH is 1. The van der Waals surface area contributed by atoms with Crippen molar-refractivity contribution >= 4 is 18.0 Å². The van der Waals surface area contributed by atoms with E-state index in [9.17, 15) is 19.5 Å². The van der Waals surface area contributed by atoms with Crippen molar-refractivity contribution < 1.29 is 34.1 Å². The van der Waals surface area contributed by atoms with E-state index >= 15 is 0 Å². The zero-order valence-corrected chi connectivity index (χ0v) is 19.4. The average molecular weight is 483 g/mol. The van der Waals surface area contributed by atoms with Crippen LogP contribution in [0.5, 0.6) is 0 Å². The van der Waals surface area contributed by atoms with Crippen molar-refractivity contribution in [2.45, 2.75) is 43.2 Å². The molecule has 4 rings (SSSR count). The van der Waals surface area contributed by atoms with Crippen LogP contribution in [0.4, 0.5) is 4.79 Å². The van der Waals surface area contributed by atoms with E-state index < -0.39 is 23.7 Å². The van der Waals surface area contributed by atoms with Gasteiger partial charge in [0.1, 0.15) is 6.61 Å². The number of aliphatic carboxylic acids is 1. The average Bonchev–Trinajstić information content (AvgIpc) is 3.16. The summed E-state index contributed by atoms with van der Waals surface area (Å²) in [5, 5.41) is 23.6. The van der Waals surface area contributed by atoms with E-state index in [4.69, 9.17) is 14.6 Å². The van der Waals surface area contributed by atoms with Crippen LogP contribution in [-0.4, -0.2) is 66.2 Å². The second-order valence-corrected chi connectivity index (χ2v) is 9.01. The highest BCUT2D eigenvalue weighted by molar-refractivity contribution is 5.80. The van der Waals surface area contributed by atoms with Gasteiger partial charge in [0.25, 0.3) is 0 Å². The number of amides is 2. The zero-order chi connectivity index (χ0) is 24.8. The number of ether oxygens (including phenoxy) is 2. The Morgan fingerprint density at radius 1 is 1.03 bits per heavy atom. The van der Waals surface area contributed by atoms with E-state index in [0.29, 0.717) is 26.1 Å². The minimum absolute atomic E-state index is 0.00369. The molecule has 4 N–H and O–H groups in total. The summed E-state index contributed by atoms with van der Waals surface area (Å²) in [7, 11) is 0. The summed E-state index contributed by atoms with van der Waals surface area (Å²) in [6.07, 6.45) is -1.33. The lowest BCUT2D eigenvalue weighted by molar-refractivity contribution is -0.147. The van der Waals surface area contributed by atoms with E-state index in [1.54, 1.807) is 0 Å². The Balaban J connectivity index is 1.36. The second-order valence-electron chi connectivity index (χ2n) is 9.01. The lowest BCUT2D eigenvalue weighted by Crippen LogP contribution is -2.54. The van der Waals surface area contributed by atoms with Gasteiger partial charge in [-0.2, -0.15) is 0 Å². The van der Waals surface area contributed by atoms with Crippen LogP contribution in [0.15, 0.2) is 48.5 Å². The Morgan fingerprint density at radius 3 is 2.23 bits per heavy atom. The SMILES string of the molecule is O=C(CC1(NC(=O)OCC2c3ccccc3-c3ccccc32)CCOCC1)NCCC(O)C(=O)O. The number of carboxylic acid groups (broad SMARTS) is 1. The van der Waals surface area contributed by atoms with Gasteiger partial charge in [0.15, 0.2) is 6.10 Å². The summed E-state index contributed by atoms with van der Waals surface area (Å²) in [5.74, 6) is -1.75. The quantitative estimate of drug-likeness (QED) is 0.431. The third-order valence-electron chi connectivity index (χ3n) is 6.68. The smallest absolute Gasteiger partial charge is 0.407 e. The third-order valence-corrected chi connectivity index (χ3v) is 6.68. The van der Waals surface area contributed by atoms with Crippen LogP contribution in [0.25, 0.3) is 11.1 Å². The van der Waals surface area contributed by atoms with Crippen LogP contribution in [0.2, 0.25) is 0 Å². The predicted molar refractivity (Wildman–Crippen MR) is 127 cm³/mol. The van der Waals surface area contributed by atoms with Gasteiger partial charge in [-0.25, -0.2) is 9.59 Å². The van der Waals surface area contributed by atoms with Crippen LogP contribution in [0, 0.1) is 0 Å². The van der Waals surface area contributed by atoms with Crippen molar-refractivity contribution in [3.05, 3.63) is 59.7 Å². The summed E-state index contributed by atoms with van der Waals surface area (Å²) in [6.45, 7) is 0.985. The van der Waals surface area contributed by atoms with Gasteiger partial charge in [-0.3, -0.25) is 4.79 Å². The molecule has 35 heavy (non-hydrogen) atoms. The van der Waals surface area contributed by atoms with Gasteiger partial charge in [0.2, 0.25) is 5.91 Å². The minimum Gasteiger partial charge on any atom is -0.479 e. The van der Waals surface area contributed by atoms with Gasteiger partial charge < -0.3 is 30.3 Å². The minimum atomic E-state index is -1.54. The molecule has 2 amide bonds. The summed E-state index contributed by atoms with van der Waals surface area (Å²) >= 11 is 0. The zero-order valence-electron chi connectivity index (χ0n) is 19.4. The van der Waals surface area contributed by atoms with Gasteiger partial charge in [0, 0.05) is 38.5 Å². The monoisotopic (exact) mass is 482 g/mol. The largest absolute Gasteiger partial charge is 0.479 e. The number of hydrogen-bond donors (Lipinski definition) is 4. The van der Waals surface area contributed by atoms with E-state index in [1.165, 1.54) is 0 Å². The molecule has 1 saturated heterocycles. The highest BCUT2D eigenvalue weighted by Crippen LogP contribution is 2.44. The van der Waals surface area contributed by atoms with E-state index in [0.717, 1.165) is 22.3 Å². The lowest BCUT2D eigenvalue weighted by atomic mass is 9.86. The van der Waals surface area contributed by atoms with Gasteiger partial charge >= 0.3 is 12.1 Å². The highest BCUT2D eigenvalue weighted by Gasteiger charge is 2.37. The molecule has 0 aromatic heterocycles. The maximum absolute atomic E-state index is 12.9. The molecule has 0 saturated carbocycles. The van der Waals surface area contributed by atoms with Gasteiger partial charge in [-0.05, 0) is 35.1 Å². The van der Waals surface area contributed by atoms with Gasteiger partial charge in [-0.15, -0.1) is 0 Å². The second kappa shape index (κ2) is 10.9. The number of benzene rings is 2. The first-order chi connectivity index (χ1) is 16.9. The Kier molecular flexibility index (Phi) is 7.67. The summed E-state index contributed by atoms with van der Waals surface area (Å²) in [5.41, 5.74) is 3.69. The summed E-state index contributed by atoms with van der Waals surface area (Å²) in [6, 6.07) is 16.2. The molecule has 1 unspecified atom stereocenters. The molecule has 0 radical (unpaired) electrons. The number of nitrogens with one attached hydrogen (secondary N) is 2. The molecule has 9 nitrogen and oxygen atoms in total. The lowest BCUT2D eigenvalue weighted by Gasteiger charge is -2.37. The summed E-state index contributed by atoms with van der Waals surface area (Å²) in [4.78, 5) is 36.1. The van der Waals surface area contributed by atoms with Crippen LogP contribution < -0.4 is 10.6 Å². The van der Waals surface area contributed by atoms with Crippen LogP contribution in [-0.2, 0) is 19.1 Å². The van der Waals surface area contributed by atoms with Crippen LogP contribution in [0.3, 0.4) is 0 Å². The van der Waals surface area contributed by atoms with E-state index in [2.05, 4.69) is 22.8 Å². The first-order valence-electron chi connectivity index (χ1n) is 11.8. The first-order valence-corrected chi connectivity index (χ1v) is 11.8. The number of hydrogen-bond acceptors (Lipinski definition) is 6. The molecule has 1 atom stereocenters. The first kappa shape index (κ1) is 24.7. The van der Waals surface area contributed by atoms with Crippen molar-refractivity contribution in [1.29, 1.82) is 0 Å². The van der Waals surface area contributed by atoms with Crippen molar-refractivity contribution in [1.82, 2.24) is 10.6 Å². The fourth-order valence-electron chi connectivity index (χ4n) is 4.80. The number of carboxylic acids is 1. The normalized spacial score (nSPS) is 17.1. The maximum atomic E-state index is 12.9. The number of alkyl carbamates (subject to hydrolysis) is 1. The highest BCUT2D eigenvalue weighted by atomic mass is 16.5. The third kappa shape index (κ3) is 5.80. The predicted octanol–water partition coefficient (Wildman–Crippen LogP) is 2.42. The van der Waals surface area contributed by atoms with Crippen molar-refractivity contribution in [3.8, 4) is 11.1 Å².